The summed E-state index contributed by atoms with van der Waals surface area (Å²) in [6.07, 6.45) is 0. The quantitative estimate of drug-likeness (QED) is 0.809. The van der Waals surface area contributed by atoms with Crippen LogP contribution in [0.15, 0.2) is 27.6 Å². The van der Waals surface area contributed by atoms with Crippen LogP contribution in [0.4, 0.5) is 5.69 Å². The van der Waals surface area contributed by atoms with Gasteiger partial charge in [0.15, 0.2) is 9.84 Å². The third-order valence-corrected chi connectivity index (χ3v) is 4.69. The third kappa shape index (κ3) is 2.02. The molecule has 1 aromatic rings. The normalized spacial score (nSPS) is 22.9. The van der Waals surface area contributed by atoms with Crippen molar-refractivity contribution in [2.45, 2.75) is 10.9 Å². The van der Waals surface area contributed by atoms with E-state index in [4.69, 9.17) is 5.73 Å². The van der Waals surface area contributed by atoms with E-state index in [1.807, 2.05) is 0 Å². The lowest BCUT2D eigenvalue weighted by Gasteiger charge is -2.25. The molecule has 1 aromatic carbocycles. The predicted molar refractivity (Wildman–Crippen MR) is 62.7 cm³/mol. The van der Waals surface area contributed by atoms with E-state index in [1.54, 1.807) is 18.2 Å². The molecule has 3 N–H and O–H groups in total. The Morgan fingerprint density at radius 2 is 2.27 bits per heavy atom. The van der Waals surface area contributed by atoms with Crippen molar-refractivity contribution in [1.82, 2.24) is 0 Å². The van der Waals surface area contributed by atoms with Gasteiger partial charge < -0.3 is 11.1 Å². The summed E-state index contributed by atoms with van der Waals surface area (Å²) >= 11 is 3.26. The summed E-state index contributed by atoms with van der Waals surface area (Å²) in [6.45, 7) is 0.314. The molecule has 6 heteroatoms. The van der Waals surface area contributed by atoms with E-state index in [-0.39, 0.29) is 11.8 Å². The van der Waals surface area contributed by atoms with Crippen LogP contribution in [0.2, 0.25) is 0 Å². The van der Waals surface area contributed by atoms with Crippen molar-refractivity contribution in [2.75, 3.05) is 17.6 Å². The predicted octanol–water partition coefficient (Wildman–Crippen LogP) is 0.976. The van der Waals surface area contributed by atoms with Crippen molar-refractivity contribution in [3.05, 3.63) is 22.7 Å². The molecular weight excluding hydrogens is 280 g/mol. The molecule has 15 heavy (non-hydrogen) atoms. The molecule has 0 bridgehead atoms. The zero-order chi connectivity index (χ0) is 11.1. The van der Waals surface area contributed by atoms with Crippen molar-refractivity contribution in [3.8, 4) is 0 Å². The second-order valence-electron chi connectivity index (χ2n) is 3.50. The van der Waals surface area contributed by atoms with E-state index in [2.05, 4.69) is 21.2 Å². The minimum atomic E-state index is -3.20. The van der Waals surface area contributed by atoms with E-state index in [0.29, 0.717) is 17.1 Å². The smallest absolute Gasteiger partial charge is 0.182 e. The molecule has 1 aliphatic rings. The van der Waals surface area contributed by atoms with E-state index in [0.717, 1.165) is 4.47 Å². The first-order valence-electron chi connectivity index (χ1n) is 4.52. The Morgan fingerprint density at radius 3 is 2.93 bits per heavy atom. The highest BCUT2D eigenvalue weighted by atomic mass is 79.9. The Bertz CT molecular complexity index is 487. The fraction of sp³-hybridized carbons (Fsp3) is 0.333. The average molecular weight is 291 g/mol. The summed E-state index contributed by atoms with van der Waals surface area (Å²) in [5.41, 5.74) is 6.11. The SMILES string of the molecule is NCC1CS(=O)(=O)c2cc(Br)ccc2N1. The highest BCUT2D eigenvalue weighted by Crippen LogP contribution is 2.30. The second-order valence-corrected chi connectivity index (χ2v) is 6.42. The summed E-state index contributed by atoms with van der Waals surface area (Å²) in [4.78, 5) is 0.349. The number of hydrogen-bond acceptors (Lipinski definition) is 4. The molecule has 2 rings (SSSR count). The monoisotopic (exact) mass is 290 g/mol. The van der Waals surface area contributed by atoms with Crippen LogP contribution in [0.5, 0.6) is 0 Å². The number of nitrogens with one attached hydrogen (secondary N) is 1. The van der Waals surface area contributed by atoms with Crippen molar-refractivity contribution in [1.29, 1.82) is 0 Å². The van der Waals surface area contributed by atoms with E-state index in [9.17, 15) is 8.42 Å². The van der Waals surface area contributed by atoms with Crippen LogP contribution in [0.3, 0.4) is 0 Å². The topological polar surface area (TPSA) is 72.2 Å². The molecule has 0 aromatic heterocycles. The Morgan fingerprint density at radius 1 is 1.53 bits per heavy atom. The van der Waals surface area contributed by atoms with Gasteiger partial charge in [0.1, 0.15) is 0 Å². The Kier molecular flexibility index (Phi) is 2.74. The Hall–Kier alpha value is -0.590. The molecule has 0 spiro atoms. The van der Waals surface area contributed by atoms with Crippen molar-refractivity contribution >= 4 is 31.5 Å². The van der Waals surface area contributed by atoms with Crippen LogP contribution in [0.1, 0.15) is 0 Å². The molecule has 0 radical (unpaired) electrons. The molecule has 82 valence electrons. The number of nitrogens with two attached hydrogens (primary N) is 1. The molecule has 0 amide bonds. The zero-order valence-electron chi connectivity index (χ0n) is 7.90. The van der Waals surface area contributed by atoms with Crippen molar-refractivity contribution in [3.63, 3.8) is 0 Å². The summed E-state index contributed by atoms with van der Waals surface area (Å²) < 4.78 is 24.5. The van der Waals surface area contributed by atoms with E-state index >= 15 is 0 Å². The van der Waals surface area contributed by atoms with Crippen molar-refractivity contribution in [2.24, 2.45) is 5.73 Å². The number of anilines is 1. The van der Waals surface area contributed by atoms with Gasteiger partial charge in [-0.25, -0.2) is 8.42 Å². The molecule has 0 fully saturated rings. The molecule has 4 nitrogen and oxygen atoms in total. The maximum absolute atomic E-state index is 11.9. The molecule has 1 atom stereocenters. The third-order valence-electron chi connectivity index (χ3n) is 2.34. The van der Waals surface area contributed by atoms with Crippen LogP contribution in [0.25, 0.3) is 0 Å². The van der Waals surface area contributed by atoms with Gasteiger partial charge in [0.25, 0.3) is 0 Å². The second kappa shape index (κ2) is 3.77. The highest BCUT2D eigenvalue weighted by Gasteiger charge is 2.29. The molecule has 0 aliphatic carbocycles. The fourth-order valence-corrected chi connectivity index (χ4v) is 3.83. The lowest BCUT2D eigenvalue weighted by atomic mass is 10.2. The van der Waals surface area contributed by atoms with Crippen LogP contribution in [0, 0.1) is 0 Å². The summed E-state index contributed by atoms with van der Waals surface area (Å²) in [7, 11) is -3.20. The first kappa shape index (κ1) is 10.9. The molecule has 1 unspecified atom stereocenters. The van der Waals surface area contributed by atoms with Gasteiger partial charge in [0, 0.05) is 11.0 Å². The summed E-state index contributed by atoms with van der Waals surface area (Å²) in [6, 6.07) is 4.98. The van der Waals surface area contributed by atoms with Gasteiger partial charge in [-0.15, -0.1) is 0 Å². The maximum atomic E-state index is 11.9. The van der Waals surface area contributed by atoms with Gasteiger partial charge in [-0.1, -0.05) is 15.9 Å². The number of rotatable bonds is 1. The van der Waals surface area contributed by atoms with Gasteiger partial charge in [-0.2, -0.15) is 0 Å². The van der Waals surface area contributed by atoms with Crippen LogP contribution >= 0.6 is 15.9 Å². The van der Waals surface area contributed by atoms with Crippen LogP contribution in [-0.2, 0) is 9.84 Å². The largest absolute Gasteiger partial charge is 0.379 e. The molecule has 0 saturated heterocycles. The first-order valence-corrected chi connectivity index (χ1v) is 6.96. The van der Waals surface area contributed by atoms with Crippen LogP contribution < -0.4 is 11.1 Å². The number of benzene rings is 1. The molecule has 1 heterocycles. The van der Waals surface area contributed by atoms with Gasteiger partial charge in [-0.05, 0) is 18.2 Å². The minimum absolute atomic E-state index is 0.0625. The number of hydrogen-bond donors (Lipinski definition) is 2. The van der Waals surface area contributed by atoms with Crippen LogP contribution in [-0.4, -0.2) is 26.8 Å². The Labute approximate surface area is 96.9 Å². The lowest BCUT2D eigenvalue weighted by Crippen LogP contribution is -2.39. The lowest BCUT2D eigenvalue weighted by molar-refractivity contribution is 0.586. The van der Waals surface area contributed by atoms with Gasteiger partial charge in [-0.3, -0.25) is 0 Å². The zero-order valence-corrected chi connectivity index (χ0v) is 10.3. The molecular formula is C9H11BrN2O2S. The molecule has 1 aliphatic heterocycles. The highest BCUT2D eigenvalue weighted by molar-refractivity contribution is 9.10. The number of fused-ring (bicyclic) bond motifs is 1. The van der Waals surface area contributed by atoms with Gasteiger partial charge in [0.2, 0.25) is 0 Å². The standard InChI is InChI=1S/C9H11BrN2O2S/c10-6-1-2-8-9(3-6)15(13,14)5-7(4-11)12-8/h1-3,7,12H,4-5,11H2. The molecule has 0 saturated carbocycles. The van der Waals surface area contributed by atoms with Gasteiger partial charge in [0.05, 0.1) is 22.4 Å². The average Bonchev–Trinajstić information content (AvgIpc) is 2.18. The van der Waals surface area contributed by atoms with Gasteiger partial charge >= 0.3 is 0 Å². The Balaban J connectivity index is 2.55. The summed E-state index contributed by atoms with van der Waals surface area (Å²) in [5.74, 6) is 0.0625. The first-order chi connectivity index (χ1) is 7.03. The fourth-order valence-electron chi connectivity index (χ4n) is 1.62. The number of sulfone groups is 1. The summed E-state index contributed by atoms with van der Waals surface area (Å²) in [5, 5.41) is 3.10. The maximum Gasteiger partial charge on any atom is 0.182 e. The van der Waals surface area contributed by atoms with E-state index in [1.165, 1.54) is 0 Å². The minimum Gasteiger partial charge on any atom is -0.379 e. The van der Waals surface area contributed by atoms with E-state index < -0.39 is 9.84 Å². The number of halogens is 1. The van der Waals surface area contributed by atoms with Crippen molar-refractivity contribution < 1.29 is 8.42 Å².